The normalized spacial score (nSPS) is 22.7. The monoisotopic (exact) mass is 303 g/mol. The second-order valence-corrected chi connectivity index (χ2v) is 5.81. The van der Waals surface area contributed by atoms with Crippen molar-refractivity contribution < 1.29 is 4.79 Å². The number of aryl methyl sites for hydroxylation is 1. The van der Waals surface area contributed by atoms with Crippen molar-refractivity contribution in [1.29, 1.82) is 0 Å². The minimum Gasteiger partial charge on any atom is -0.328 e. The molecule has 1 aromatic rings. The van der Waals surface area contributed by atoms with Gasteiger partial charge in [0.05, 0.1) is 5.69 Å². The Balaban J connectivity index is 0.00000180. The SMILES string of the molecule is CCN(C(=O)C1CCCC(N)C1)c1nc(C)cs1.Cl. The summed E-state index contributed by atoms with van der Waals surface area (Å²) in [5.41, 5.74) is 6.94. The molecule has 0 aromatic carbocycles. The first-order valence-corrected chi connectivity index (χ1v) is 7.49. The van der Waals surface area contributed by atoms with Crippen LogP contribution in [0.2, 0.25) is 0 Å². The van der Waals surface area contributed by atoms with E-state index in [4.69, 9.17) is 5.73 Å². The Morgan fingerprint density at radius 3 is 2.84 bits per heavy atom. The number of anilines is 1. The van der Waals surface area contributed by atoms with E-state index in [9.17, 15) is 4.79 Å². The molecule has 0 spiro atoms. The second kappa shape index (κ2) is 7.22. The Morgan fingerprint density at radius 1 is 1.58 bits per heavy atom. The number of rotatable bonds is 3. The van der Waals surface area contributed by atoms with Crippen molar-refractivity contribution in [3.05, 3.63) is 11.1 Å². The Kier molecular flexibility index (Phi) is 6.23. The molecule has 19 heavy (non-hydrogen) atoms. The first kappa shape index (κ1) is 16.4. The van der Waals surface area contributed by atoms with Crippen molar-refractivity contribution in [2.45, 2.75) is 45.6 Å². The summed E-state index contributed by atoms with van der Waals surface area (Å²) in [7, 11) is 0. The Morgan fingerprint density at radius 2 is 2.32 bits per heavy atom. The summed E-state index contributed by atoms with van der Waals surface area (Å²) in [6.45, 7) is 4.63. The van der Waals surface area contributed by atoms with Gasteiger partial charge in [-0.1, -0.05) is 6.42 Å². The predicted octanol–water partition coefficient (Wildman–Crippen LogP) is 2.74. The summed E-state index contributed by atoms with van der Waals surface area (Å²) in [5.74, 6) is 0.278. The molecule has 0 bridgehead atoms. The number of aromatic nitrogens is 1. The molecule has 1 aromatic heterocycles. The lowest BCUT2D eigenvalue weighted by Gasteiger charge is -2.29. The Bertz CT molecular complexity index is 424. The highest BCUT2D eigenvalue weighted by Gasteiger charge is 2.29. The van der Waals surface area contributed by atoms with Gasteiger partial charge in [0.2, 0.25) is 5.91 Å². The number of nitrogens with two attached hydrogens (primary N) is 1. The molecule has 0 radical (unpaired) electrons. The van der Waals surface area contributed by atoms with Gasteiger partial charge in [0.1, 0.15) is 0 Å². The highest BCUT2D eigenvalue weighted by molar-refractivity contribution is 7.14. The van der Waals surface area contributed by atoms with E-state index < -0.39 is 0 Å². The summed E-state index contributed by atoms with van der Waals surface area (Å²) < 4.78 is 0. The van der Waals surface area contributed by atoms with Gasteiger partial charge >= 0.3 is 0 Å². The van der Waals surface area contributed by atoms with Gasteiger partial charge in [-0.25, -0.2) is 4.98 Å². The average molecular weight is 304 g/mol. The lowest BCUT2D eigenvalue weighted by atomic mass is 9.85. The first-order valence-electron chi connectivity index (χ1n) is 6.61. The van der Waals surface area contributed by atoms with Crippen LogP contribution in [0.4, 0.5) is 5.13 Å². The molecular formula is C13H22ClN3OS. The number of halogens is 1. The molecule has 2 rings (SSSR count). The van der Waals surface area contributed by atoms with E-state index >= 15 is 0 Å². The van der Waals surface area contributed by atoms with E-state index in [1.54, 1.807) is 4.90 Å². The quantitative estimate of drug-likeness (QED) is 0.934. The fourth-order valence-electron chi connectivity index (χ4n) is 2.52. The molecule has 1 fully saturated rings. The topological polar surface area (TPSA) is 59.2 Å². The molecule has 0 aliphatic heterocycles. The summed E-state index contributed by atoms with van der Waals surface area (Å²) >= 11 is 1.54. The first-order chi connectivity index (χ1) is 8.61. The van der Waals surface area contributed by atoms with Crippen LogP contribution in [-0.2, 0) is 4.79 Å². The third-order valence-electron chi connectivity index (χ3n) is 3.48. The van der Waals surface area contributed by atoms with Crippen molar-refractivity contribution in [1.82, 2.24) is 4.98 Å². The van der Waals surface area contributed by atoms with Crippen LogP contribution in [0.3, 0.4) is 0 Å². The van der Waals surface area contributed by atoms with Crippen LogP contribution >= 0.6 is 23.7 Å². The standard InChI is InChI=1S/C13H21N3OS.ClH/c1-3-16(13-15-9(2)8-18-13)12(17)10-5-4-6-11(14)7-10;/h8,10-11H,3-7,14H2,1-2H3;1H. The van der Waals surface area contributed by atoms with Crippen LogP contribution in [0.1, 0.15) is 38.3 Å². The van der Waals surface area contributed by atoms with E-state index in [-0.39, 0.29) is 30.3 Å². The van der Waals surface area contributed by atoms with Crippen molar-refractivity contribution in [3.63, 3.8) is 0 Å². The number of thiazole rings is 1. The number of nitrogens with zero attached hydrogens (tertiary/aromatic N) is 2. The summed E-state index contributed by atoms with van der Waals surface area (Å²) in [6.07, 6.45) is 3.89. The van der Waals surface area contributed by atoms with Gasteiger partial charge in [0.15, 0.2) is 5.13 Å². The molecule has 2 unspecified atom stereocenters. The maximum absolute atomic E-state index is 12.5. The molecule has 1 aliphatic carbocycles. The third-order valence-corrected chi connectivity index (χ3v) is 4.47. The van der Waals surface area contributed by atoms with Crippen LogP contribution in [0.15, 0.2) is 5.38 Å². The molecular weight excluding hydrogens is 282 g/mol. The van der Waals surface area contributed by atoms with Crippen molar-refractivity contribution in [2.75, 3.05) is 11.4 Å². The van der Waals surface area contributed by atoms with Gasteiger partial charge in [-0.3, -0.25) is 9.69 Å². The van der Waals surface area contributed by atoms with E-state index in [2.05, 4.69) is 4.98 Å². The van der Waals surface area contributed by atoms with Gasteiger partial charge in [-0.15, -0.1) is 23.7 Å². The molecule has 108 valence electrons. The van der Waals surface area contributed by atoms with E-state index in [0.717, 1.165) is 36.5 Å². The lowest BCUT2D eigenvalue weighted by molar-refractivity contribution is -0.123. The maximum atomic E-state index is 12.5. The average Bonchev–Trinajstić information content (AvgIpc) is 2.76. The van der Waals surface area contributed by atoms with Crippen molar-refractivity contribution in [3.8, 4) is 0 Å². The largest absolute Gasteiger partial charge is 0.328 e. The predicted molar refractivity (Wildman–Crippen MR) is 82.1 cm³/mol. The zero-order valence-corrected chi connectivity index (χ0v) is 13.1. The second-order valence-electron chi connectivity index (χ2n) is 4.98. The minimum atomic E-state index is 0. The molecule has 2 N–H and O–H groups in total. The van der Waals surface area contributed by atoms with E-state index in [1.165, 1.54) is 11.3 Å². The van der Waals surface area contributed by atoms with Gasteiger partial charge in [0.25, 0.3) is 0 Å². The summed E-state index contributed by atoms with van der Waals surface area (Å²) in [4.78, 5) is 18.7. The molecule has 2 atom stereocenters. The molecule has 4 nitrogen and oxygen atoms in total. The zero-order chi connectivity index (χ0) is 13.1. The number of hydrogen-bond acceptors (Lipinski definition) is 4. The summed E-state index contributed by atoms with van der Waals surface area (Å²) in [6, 6.07) is 0.185. The van der Waals surface area contributed by atoms with Crippen LogP contribution in [0, 0.1) is 12.8 Å². The number of carbonyl (C=O) groups excluding carboxylic acids is 1. The fourth-order valence-corrected chi connectivity index (χ4v) is 3.39. The van der Waals surface area contributed by atoms with Crippen LogP contribution in [0.5, 0.6) is 0 Å². The molecule has 0 saturated heterocycles. The Labute approximate surface area is 124 Å². The maximum Gasteiger partial charge on any atom is 0.231 e. The van der Waals surface area contributed by atoms with Gasteiger partial charge in [-0.05, 0) is 33.1 Å². The van der Waals surface area contributed by atoms with Crippen molar-refractivity contribution in [2.24, 2.45) is 11.7 Å². The minimum absolute atomic E-state index is 0. The highest BCUT2D eigenvalue weighted by Crippen LogP contribution is 2.28. The molecule has 1 saturated carbocycles. The van der Waals surface area contributed by atoms with Gasteiger partial charge in [-0.2, -0.15) is 0 Å². The fraction of sp³-hybridized carbons (Fsp3) is 0.692. The number of hydrogen-bond donors (Lipinski definition) is 1. The molecule has 1 aliphatic rings. The number of carbonyl (C=O) groups is 1. The Hall–Kier alpha value is -0.650. The molecule has 1 heterocycles. The van der Waals surface area contributed by atoms with Gasteiger partial charge in [0, 0.05) is 23.9 Å². The summed E-state index contributed by atoms with van der Waals surface area (Å²) in [5, 5.41) is 2.80. The van der Waals surface area contributed by atoms with E-state index in [1.807, 2.05) is 19.2 Å². The van der Waals surface area contributed by atoms with E-state index in [0.29, 0.717) is 6.54 Å². The zero-order valence-electron chi connectivity index (χ0n) is 11.5. The molecule has 6 heteroatoms. The van der Waals surface area contributed by atoms with Crippen LogP contribution < -0.4 is 10.6 Å². The third kappa shape index (κ3) is 3.91. The number of amides is 1. The lowest BCUT2D eigenvalue weighted by Crippen LogP contribution is -2.40. The van der Waals surface area contributed by atoms with Gasteiger partial charge < -0.3 is 5.73 Å². The van der Waals surface area contributed by atoms with Crippen molar-refractivity contribution >= 4 is 34.8 Å². The highest BCUT2D eigenvalue weighted by atomic mass is 35.5. The smallest absolute Gasteiger partial charge is 0.231 e. The van der Waals surface area contributed by atoms with Crippen LogP contribution in [-0.4, -0.2) is 23.5 Å². The molecule has 1 amide bonds. The van der Waals surface area contributed by atoms with Crippen LogP contribution in [0.25, 0.3) is 0 Å².